The van der Waals surface area contributed by atoms with Gasteiger partial charge in [-0.05, 0) is 85.7 Å². The Labute approximate surface area is 178 Å². The van der Waals surface area contributed by atoms with Crippen LogP contribution in [-0.4, -0.2) is 33.0 Å². The van der Waals surface area contributed by atoms with Crippen molar-refractivity contribution >= 4 is 28.8 Å². The average molecular weight is 424 g/mol. The van der Waals surface area contributed by atoms with E-state index in [-0.39, 0.29) is 18.3 Å². The van der Waals surface area contributed by atoms with Crippen LogP contribution in [0.15, 0.2) is 47.4 Å². The molecule has 0 aliphatic carbocycles. The van der Waals surface area contributed by atoms with E-state index >= 15 is 0 Å². The van der Waals surface area contributed by atoms with Gasteiger partial charge in [0.1, 0.15) is 12.4 Å². The van der Waals surface area contributed by atoms with Gasteiger partial charge in [0.25, 0.3) is 0 Å². The molecule has 0 amide bonds. The zero-order chi connectivity index (χ0) is 21.3. The zero-order valence-electron chi connectivity index (χ0n) is 16.6. The van der Waals surface area contributed by atoms with E-state index in [1.54, 1.807) is 22.6 Å². The Kier molecular flexibility index (Phi) is 5.80. The Morgan fingerprint density at radius 3 is 2.57 bits per heavy atom. The highest BCUT2D eigenvalue weighted by atomic mass is 32.2. The predicted molar refractivity (Wildman–Crippen MR) is 115 cm³/mol. The molecule has 1 N–H and O–H groups in total. The summed E-state index contributed by atoms with van der Waals surface area (Å²) in [6.45, 7) is 3.58. The molecule has 1 fully saturated rings. The monoisotopic (exact) mass is 423 g/mol. The summed E-state index contributed by atoms with van der Waals surface area (Å²) in [7, 11) is 0. The SMILES string of the molecule is Cc1c(C2CCN(Sc3ccc(C#N)cc3)CC2)c2cc(F)ccc2n1CC(=O)O. The van der Waals surface area contributed by atoms with Crippen LogP contribution < -0.4 is 0 Å². The van der Waals surface area contributed by atoms with Crippen LogP contribution in [0.4, 0.5) is 4.39 Å². The van der Waals surface area contributed by atoms with Crippen LogP contribution in [0.25, 0.3) is 10.9 Å². The minimum Gasteiger partial charge on any atom is -0.480 e. The molecule has 2 heterocycles. The van der Waals surface area contributed by atoms with Gasteiger partial charge in [-0.3, -0.25) is 4.79 Å². The third kappa shape index (κ3) is 4.07. The van der Waals surface area contributed by atoms with Crippen molar-refractivity contribution in [3.63, 3.8) is 0 Å². The molecule has 0 atom stereocenters. The third-order valence-electron chi connectivity index (χ3n) is 5.71. The number of halogens is 1. The molecule has 3 aromatic rings. The molecule has 1 aromatic heterocycles. The van der Waals surface area contributed by atoms with E-state index in [4.69, 9.17) is 5.26 Å². The Morgan fingerprint density at radius 1 is 1.23 bits per heavy atom. The van der Waals surface area contributed by atoms with Crippen LogP contribution in [0.2, 0.25) is 0 Å². The number of hydrogen-bond acceptors (Lipinski definition) is 4. The van der Waals surface area contributed by atoms with E-state index in [2.05, 4.69) is 10.4 Å². The summed E-state index contributed by atoms with van der Waals surface area (Å²) in [5.74, 6) is -0.938. The van der Waals surface area contributed by atoms with Crippen LogP contribution in [0, 0.1) is 24.1 Å². The van der Waals surface area contributed by atoms with Crippen molar-refractivity contribution in [3.8, 4) is 6.07 Å². The molecule has 5 nitrogen and oxygen atoms in total. The number of aliphatic carboxylic acids is 1. The van der Waals surface area contributed by atoms with Crippen molar-refractivity contribution in [3.05, 3.63) is 65.1 Å². The summed E-state index contributed by atoms with van der Waals surface area (Å²) in [4.78, 5) is 12.5. The number of nitrogens with zero attached hydrogens (tertiary/aromatic N) is 3. The predicted octanol–water partition coefficient (Wildman–Crippen LogP) is 4.93. The molecular weight excluding hydrogens is 401 g/mol. The highest BCUT2D eigenvalue weighted by molar-refractivity contribution is 7.97. The molecule has 7 heteroatoms. The molecule has 154 valence electrons. The molecule has 1 aliphatic rings. The summed E-state index contributed by atoms with van der Waals surface area (Å²) in [5.41, 5.74) is 3.42. The van der Waals surface area contributed by atoms with Crippen molar-refractivity contribution in [2.75, 3.05) is 13.1 Å². The highest BCUT2D eigenvalue weighted by Gasteiger charge is 2.27. The highest BCUT2D eigenvalue weighted by Crippen LogP contribution is 2.39. The second-order valence-electron chi connectivity index (χ2n) is 7.57. The summed E-state index contributed by atoms with van der Waals surface area (Å²) >= 11 is 1.69. The number of carbonyl (C=O) groups is 1. The van der Waals surface area contributed by atoms with Gasteiger partial charge in [0, 0.05) is 34.6 Å². The van der Waals surface area contributed by atoms with Gasteiger partial charge in [-0.1, -0.05) is 0 Å². The number of fused-ring (bicyclic) bond motifs is 1. The molecule has 2 aromatic carbocycles. The molecule has 0 unspecified atom stereocenters. The van der Waals surface area contributed by atoms with Crippen LogP contribution in [-0.2, 0) is 11.3 Å². The van der Waals surface area contributed by atoms with Gasteiger partial charge < -0.3 is 9.67 Å². The molecule has 0 spiro atoms. The number of rotatable bonds is 5. The fourth-order valence-electron chi connectivity index (χ4n) is 4.31. The molecule has 0 radical (unpaired) electrons. The van der Waals surface area contributed by atoms with Crippen molar-refractivity contribution in [2.24, 2.45) is 0 Å². The van der Waals surface area contributed by atoms with E-state index in [1.807, 2.05) is 31.2 Å². The lowest BCUT2D eigenvalue weighted by Gasteiger charge is -2.31. The smallest absolute Gasteiger partial charge is 0.323 e. The van der Waals surface area contributed by atoms with E-state index in [9.17, 15) is 14.3 Å². The lowest BCUT2D eigenvalue weighted by Crippen LogP contribution is -2.27. The first kappa shape index (κ1) is 20.5. The van der Waals surface area contributed by atoms with Crippen LogP contribution in [0.3, 0.4) is 0 Å². The number of aromatic nitrogens is 1. The second-order valence-corrected chi connectivity index (χ2v) is 8.74. The first-order valence-electron chi connectivity index (χ1n) is 9.89. The Morgan fingerprint density at radius 2 is 1.93 bits per heavy atom. The van der Waals surface area contributed by atoms with Crippen molar-refractivity contribution in [2.45, 2.75) is 37.1 Å². The van der Waals surface area contributed by atoms with E-state index in [0.29, 0.717) is 5.56 Å². The lowest BCUT2D eigenvalue weighted by atomic mass is 9.88. The lowest BCUT2D eigenvalue weighted by molar-refractivity contribution is -0.137. The van der Waals surface area contributed by atoms with E-state index in [1.165, 1.54) is 12.1 Å². The second kappa shape index (κ2) is 8.50. The summed E-state index contributed by atoms with van der Waals surface area (Å²) < 4.78 is 18.1. The number of carboxylic acids is 1. The van der Waals surface area contributed by atoms with E-state index < -0.39 is 5.97 Å². The maximum atomic E-state index is 14.0. The minimum absolute atomic E-state index is 0.124. The summed E-state index contributed by atoms with van der Waals surface area (Å²) in [6.07, 6.45) is 1.85. The number of nitriles is 1. The molecule has 1 saturated heterocycles. The molecule has 30 heavy (non-hydrogen) atoms. The van der Waals surface area contributed by atoms with Crippen molar-refractivity contribution < 1.29 is 14.3 Å². The van der Waals surface area contributed by atoms with Crippen molar-refractivity contribution in [1.82, 2.24) is 8.87 Å². The number of piperidine rings is 1. The van der Waals surface area contributed by atoms with Gasteiger partial charge in [-0.15, -0.1) is 0 Å². The van der Waals surface area contributed by atoms with Gasteiger partial charge in [0.05, 0.1) is 11.6 Å². The Bertz CT molecular complexity index is 1130. The molecular formula is C23H22FN3O2S. The maximum absolute atomic E-state index is 14.0. The fourth-order valence-corrected chi connectivity index (χ4v) is 5.26. The van der Waals surface area contributed by atoms with Crippen molar-refractivity contribution in [1.29, 1.82) is 5.26 Å². The third-order valence-corrected chi connectivity index (χ3v) is 6.81. The fraction of sp³-hybridized carbons (Fsp3) is 0.304. The minimum atomic E-state index is -0.903. The summed E-state index contributed by atoms with van der Waals surface area (Å²) in [6, 6.07) is 14.3. The van der Waals surface area contributed by atoms with Crippen LogP contribution in [0.5, 0.6) is 0 Å². The number of carboxylic acid groups (broad SMARTS) is 1. The molecule has 1 aliphatic heterocycles. The van der Waals surface area contributed by atoms with Crippen LogP contribution in [0.1, 0.15) is 35.6 Å². The van der Waals surface area contributed by atoms with Gasteiger partial charge in [0.2, 0.25) is 0 Å². The molecule has 0 bridgehead atoms. The van der Waals surface area contributed by atoms with Gasteiger partial charge in [0.15, 0.2) is 0 Å². The molecule has 0 saturated carbocycles. The van der Waals surface area contributed by atoms with E-state index in [0.717, 1.165) is 53.0 Å². The number of benzene rings is 2. The van der Waals surface area contributed by atoms with Crippen LogP contribution >= 0.6 is 11.9 Å². The standard InChI is InChI=1S/C23H22FN3O2S/c1-15-23(20-12-18(24)4-7-21(20)27(15)14-22(28)29)17-8-10-26(11-9-17)30-19-5-2-16(13-25)3-6-19/h2-7,12,17H,8-11,14H2,1H3,(H,28,29). The first-order valence-corrected chi connectivity index (χ1v) is 10.7. The summed E-state index contributed by atoms with van der Waals surface area (Å²) in [5, 5.41) is 19.1. The number of hydrogen-bond donors (Lipinski definition) is 1. The largest absolute Gasteiger partial charge is 0.480 e. The quantitative estimate of drug-likeness (QED) is 0.589. The van der Waals surface area contributed by atoms with Gasteiger partial charge in [-0.25, -0.2) is 8.70 Å². The first-order chi connectivity index (χ1) is 14.5. The molecule has 4 rings (SSSR count). The Hall–Kier alpha value is -2.82. The van der Waals surface area contributed by atoms with Gasteiger partial charge >= 0.3 is 5.97 Å². The van der Waals surface area contributed by atoms with Gasteiger partial charge in [-0.2, -0.15) is 5.26 Å². The Balaban J connectivity index is 1.54. The normalized spacial score (nSPS) is 15.4. The zero-order valence-corrected chi connectivity index (χ0v) is 17.5. The average Bonchev–Trinajstić information content (AvgIpc) is 2.99. The topological polar surface area (TPSA) is 69.3 Å². The maximum Gasteiger partial charge on any atom is 0.323 e.